The fourth-order valence-corrected chi connectivity index (χ4v) is 4.82. The third-order valence-electron chi connectivity index (χ3n) is 6.96. The van der Waals surface area contributed by atoms with Crippen molar-refractivity contribution in [3.8, 4) is 22.3 Å². The van der Waals surface area contributed by atoms with Gasteiger partial charge in [0, 0.05) is 12.1 Å². The van der Waals surface area contributed by atoms with Crippen LogP contribution in [-0.2, 0) is 0 Å². The molecule has 0 aliphatic heterocycles. The van der Waals surface area contributed by atoms with Crippen LogP contribution in [0.5, 0.6) is 0 Å². The molecule has 0 unspecified atom stereocenters. The Balaban J connectivity index is 0.000000230. The van der Waals surface area contributed by atoms with Gasteiger partial charge in [0.05, 0.1) is 23.0 Å². The third kappa shape index (κ3) is 7.84. The molecule has 2 heterocycles. The number of carbonyl (C=O) groups excluding carboxylic acids is 2. The molecule has 0 aliphatic carbocycles. The average molecular weight is 603 g/mol. The number of aromatic nitrogens is 2. The Kier molecular flexibility index (Phi) is 11.7. The van der Waals surface area contributed by atoms with E-state index >= 15 is 0 Å². The molecule has 6 rings (SSSR count). The van der Waals surface area contributed by atoms with Crippen LogP contribution < -0.4 is 80.4 Å². The summed E-state index contributed by atoms with van der Waals surface area (Å²) in [6.45, 7) is 3.86. The molecule has 6 aromatic rings. The van der Waals surface area contributed by atoms with Crippen molar-refractivity contribution in [3.63, 3.8) is 0 Å². The summed E-state index contributed by atoms with van der Waals surface area (Å²) in [5, 5.41) is 23.4. The molecule has 208 valence electrons. The largest absolute Gasteiger partial charge is 1.00 e. The van der Waals surface area contributed by atoms with Crippen LogP contribution in [0, 0.1) is 13.8 Å². The van der Waals surface area contributed by atoms with Crippen LogP contribution in [0.15, 0.2) is 107 Å². The topological polar surface area (TPSA) is 146 Å². The number of carboxylic acid groups (broad SMARTS) is 2. The first-order valence-corrected chi connectivity index (χ1v) is 13.0. The number of nitrogens with one attached hydrogen (secondary N) is 2. The van der Waals surface area contributed by atoms with Gasteiger partial charge >= 0.3 is 59.1 Å². The van der Waals surface area contributed by atoms with E-state index in [0.717, 1.165) is 55.2 Å². The van der Waals surface area contributed by atoms with Gasteiger partial charge in [-0.05, 0) is 106 Å². The number of rotatable bonds is 4. The number of carbonyl (C=O) groups is 2. The molecule has 0 saturated heterocycles. The maximum absolute atomic E-state index is 11.4. The Labute approximate surface area is 296 Å². The number of fused-ring (bicyclic) bond motifs is 2. The molecule has 0 atom stereocenters. The number of pyridine rings is 2. The SMILES string of the molecule is Cc1cc(-c2ccc(C(=O)[O-])cc2)cc2ccc(=O)[nH]c12.Cc1cc(-c2ccc(C(=O)[O-])cc2)cc2ccc(=O)[nH]c12.[Na+].[Na+]. The molecule has 2 N–H and O–H groups in total. The van der Waals surface area contributed by atoms with Crippen LogP contribution in [0.4, 0.5) is 0 Å². The summed E-state index contributed by atoms with van der Waals surface area (Å²) in [5.41, 5.74) is 7.37. The smallest absolute Gasteiger partial charge is 0.545 e. The van der Waals surface area contributed by atoms with Crippen molar-refractivity contribution < 1.29 is 78.9 Å². The van der Waals surface area contributed by atoms with Crippen LogP contribution in [0.25, 0.3) is 44.1 Å². The minimum atomic E-state index is -1.19. The van der Waals surface area contributed by atoms with Crippen LogP contribution in [0.2, 0.25) is 0 Å². The number of aryl methyl sites for hydroxylation is 2. The van der Waals surface area contributed by atoms with Gasteiger partial charge in [-0.25, -0.2) is 0 Å². The molecule has 0 bridgehead atoms. The first-order chi connectivity index (χ1) is 20.1. The van der Waals surface area contributed by atoms with E-state index in [1.54, 1.807) is 36.4 Å². The molecule has 0 aliphatic rings. The number of aromatic amines is 2. The first kappa shape index (κ1) is 34.7. The predicted molar refractivity (Wildman–Crippen MR) is 158 cm³/mol. The number of hydrogen-bond donors (Lipinski definition) is 2. The van der Waals surface area contributed by atoms with Crippen LogP contribution >= 0.6 is 0 Å². The van der Waals surface area contributed by atoms with Gasteiger partial charge in [-0.1, -0.05) is 48.5 Å². The second-order valence-corrected chi connectivity index (χ2v) is 9.89. The minimum absolute atomic E-state index is 0. The summed E-state index contributed by atoms with van der Waals surface area (Å²) in [6, 6.07) is 27.5. The van der Waals surface area contributed by atoms with Crippen molar-refractivity contribution >= 4 is 33.7 Å². The summed E-state index contributed by atoms with van der Waals surface area (Å²) < 4.78 is 0. The molecule has 0 fully saturated rings. The predicted octanol–water partition coefficient (Wildman–Crippen LogP) is -2.26. The van der Waals surface area contributed by atoms with E-state index in [2.05, 4.69) is 9.97 Å². The van der Waals surface area contributed by atoms with Gasteiger partial charge < -0.3 is 29.8 Å². The van der Waals surface area contributed by atoms with Gasteiger partial charge in [-0.15, -0.1) is 0 Å². The van der Waals surface area contributed by atoms with Crippen molar-refractivity contribution in [2.24, 2.45) is 0 Å². The van der Waals surface area contributed by atoms with Gasteiger partial charge in [0.15, 0.2) is 0 Å². The Bertz CT molecular complexity index is 1950. The van der Waals surface area contributed by atoms with Crippen molar-refractivity contribution in [1.82, 2.24) is 9.97 Å². The van der Waals surface area contributed by atoms with Crippen LogP contribution in [-0.4, -0.2) is 21.9 Å². The van der Waals surface area contributed by atoms with E-state index in [0.29, 0.717) is 0 Å². The zero-order chi connectivity index (χ0) is 30.0. The zero-order valence-electron chi connectivity index (χ0n) is 24.7. The van der Waals surface area contributed by atoms with E-state index in [-0.39, 0.29) is 81.4 Å². The molecule has 4 aromatic carbocycles. The summed E-state index contributed by atoms with van der Waals surface area (Å²) in [5.74, 6) is -2.37. The number of H-pyrrole nitrogens is 2. The van der Waals surface area contributed by atoms with Gasteiger partial charge in [0.1, 0.15) is 0 Å². The van der Waals surface area contributed by atoms with E-state index in [4.69, 9.17) is 0 Å². The molecule has 10 heteroatoms. The van der Waals surface area contributed by atoms with E-state index in [9.17, 15) is 29.4 Å². The van der Waals surface area contributed by atoms with Gasteiger partial charge in [0.25, 0.3) is 0 Å². The van der Waals surface area contributed by atoms with Crippen molar-refractivity contribution in [3.05, 3.63) is 140 Å². The molecular weight excluding hydrogens is 578 g/mol. The van der Waals surface area contributed by atoms with Crippen molar-refractivity contribution in [2.75, 3.05) is 0 Å². The van der Waals surface area contributed by atoms with Gasteiger partial charge in [-0.3, -0.25) is 9.59 Å². The number of benzene rings is 4. The second-order valence-electron chi connectivity index (χ2n) is 9.89. The molecule has 0 spiro atoms. The standard InChI is InChI=1S/2C17H13NO3.2Na/c2*1-10-8-14(9-13-6-7-15(19)18-16(10)13)11-2-4-12(5-3-11)17(20)21;;/h2*2-9H,1H3,(H,18,19)(H,20,21);;/q;;2*+1/p-2. The van der Waals surface area contributed by atoms with Crippen molar-refractivity contribution in [1.29, 1.82) is 0 Å². The summed E-state index contributed by atoms with van der Waals surface area (Å²) in [7, 11) is 0. The Morgan fingerprint density at radius 3 is 1.16 bits per heavy atom. The summed E-state index contributed by atoms with van der Waals surface area (Å²) in [6.07, 6.45) is 0. The molecule has 2 aromatic heterocycles. The minimum Gasteiger partial charge on any atom is -0.545 e. The molecule has 44 heavy (non-hydrogen) atoms. The van der Waals surface area contributed by atoms with Crippen molar-refractivity contribution in [2.45, 2.75) is 13.8 Å². The third-order valence-corrected chi connectivity index (χ3v) is 6.96. The number of hydrogen-bond acceptors (Lipinski definition) is 6. The van der Waals surface area contributed by atoms with E-state index < -0.39 is 11.9 Å². The second kappa shape index (κ2) is 14.8. The summed E-state index contributed by atoms with van der Waals surface area (Å²) >= 11 is 0. The maximum atomic E-state index is 11.4. The Morgan fingerprint density at radius 1 is 0.500 bits per heavy atom. The molecule has 0 saturated carbocycles. The zero-order valence-corrected chi connectivity index (χ0v) is 28.7. The normalized spacial score (nSPS) is 10.2. The Morgan fingerprint density at radius 2 is 0.841 bits per heavy atom. The quantitative estimate of drug-likeness (QED) is 0.218. The van der Waals surface area contributed by atoms with E-state index in [1.165, 1.54) is 36.4 Å². The molecular formula is C34H24N2Na2O6. The van der Waals surface area contributed by atoms with E-state index in [1.807, 2.05) is 38.1 Å². The maximum Gasteiger partial charge on any atom is 1.00 e. The van der Waals surface area contributed by atoms with Crippen LogP contribution in [0.1, 0.15) is 31.8 Å². The molecule has 8 nitrogen and oxygen atoms in total. The number of carboxylic acids is 2. The first-order valence-electron chi connectivity index (χ1n) is 13.0. The fraction of sp³-hybridized carbons (Fsp3) is 0.0588. The van der Waals surface area contributed by atoms with Gasteiger partial charge in [0.2, 0.25) is 11.1 Å². The summed E-state index contributed by atoms with van der Waals surface area (Å²) in [4.78, 5) is 49.9. The monoisotopic (exact) mass is 602 g/mol. The average Bonchev–Trinajstić information content (AvgIpc) is 2.98. The fourth-order valence-electron chi connectivity index (χ4n) is 4.82. The number of aromatic carboxylic acids is 2. The molecule has 0 amide bonds. The Hall–Kier alpha value is -3.76. The van der Waals surface area contributed by atoms with Crippen LogP contribution in [0.3, 0.4) is 0 Å². The molecule has 0 radical (unpaired) electrons. The van der Waals surface area contributed by atoms with Gasteiger partial charge in [-0.2, -0.15) is 0 Å².